The second kappa shape index (κ2) is 34.9. The lowest BCUT2D eigenvalue weighted by Crippen LogP contribution is -2.35. The number of carboxylic acids is 1. The van der Waals surface area contributed by atoms with Crippen LogP contribution in [0.25, 0.3) is 0 Å². The molecule has 1 atom stereocenters. The molecule has 0 aromatic heterocycles. The van der Waals surface area contributed by atoms with Gasteiger partial charge in [0.1, 0.15) is 37.3 Å². The number of aliphatic carboxylic acids is 1. The fourth-order valence-corrected chi connectivity index (χ4v) is 6.54. The van der Waals surface area contributed by atoms with E-state index in [9.17, 15) is 60.3 Å². The fraction of sp³-hybridized carbons (Fsp3) is 0.395. The van der Waals surface area contributed by atoms with E-state index in [-0.39, 0.29) is 35.9 Å². The Balaban J connectivity index is 0. The first-order chi connectivity index (χ1) is 33.2. The Hall–Kier alpha value is -4.46. The molecule has 0 fully saturated rings. The van der Waals surface area contributed by atoms with E-state index in [4.69, 9.17) is 65.9 Å². The van der Waals surface area contributed by atoms with Gasteiger partial charge in [-0.15, -0.1) is 24.8 Å². The second-order valence-corrected chi connectivity index (χ2v) is 21.9. The Morgan fingerprint density at radius 3 is 1.90 bits per heavy atom. The first-order valence-corrected chi connectivity index (χ1v) is 28.2. The lowest BCUT2D eigenvalue weighted by Gasteiger charge is -2.26. The van der Waals surface area contributed by atoms with Gasteiger partial charge in [0.15, 0.2) is 4.84 Å². The molecule has 4 N–H and O–H groups in total. The van der Waals surface area contributed by atoms with E-state index in [1.54, 1.807) is 28.9 Å². The Kier molecular flexibility index (Phi) is 33.7. The SMILES string of the molecule is C=CCN(CC=C)C(=O)C(Cl)Cl.CCc1cccc(CC)c1N(COC)C(=O)CCl.CS(=O)(=O)NC(=O)c1cc(Oc2ccc(C(F)(F)F)cc2Cl)ccc1[N+](=O)[O-].C[S+](C)C.O=C(O)CNCP(=O)([O-])O. The summed E-state index contributed by atoms with van der Waals surface area (Å²) in [4.78, 5) is 75.1. The number of nitrogens with zero attached hydrogens (tertiary/aromatic N) is 3. The van der Waals surface area contributed by atoms with E-state index in [1.165, 1.54) is 4.90 Å². The average molecular weight is 1160 g/mol. The Bertz CT molecular complexity index is 2400. The highest BCUT2D eigenvalue weighted by molar-refractivity contribution is 7.94. The normalized spacial score (nSPS) is 11.5. The first-order valence-electron chi connectivity index (χ1n) is 20.3. The van der Waals surface area contributed by atoms with Crippen LogP contribution in [0.2, 0.25) is 5.02 Å². The highest BCUT2D eigenvalue weighted by Crippen LogP contribution is 2.37. The minimum atomic E-state index is -4.62. The number of benzene rings is 3. The number of rotatable bonds is 20. The number of hydrogen-bond donors (Lipinski definition) is 4. The predicted molar refractivity (Wildman–Crippen MR) is 275 cm³/mol. The quantitative estimate of drug-likeness (QED) is 0.0163. The lowest BCUT2D eigenvalue weighted by molar-refractivity contribution is -0.385. The first kappa shape index (κ1) is 69.6. The van der Waals surface area contributed by atoms with Crippen LogP contribution < -0.4 is 24.6 Å². The number of methoxy groups -OCH3 is 1. The molecule has 0 saturated carbocycles. The second-order valence-electron chi connectivity index (χ2n) is 14.4. The molecule has 72 heavy (non-hydrogen) atoms. The highest BCUT2D eigenvalue weighted by atomic mass is 35.5. The van der Waals surface area contributed by atoms with Crippen LogP contribution in [-0.2, 0) is 63.6 Å². The zero-order valence-corrected chi connectivity index (χ0v) is 45.6. The topological polar surface area (TPSA) is 275 Å². The molecule has 0 heterocycles. The molecule has 0 radical (unpaired) electrons. The molecule has 0 aliphatic rings. The number of nitro groups is 1. The number of amides is 3. The van der Waals surface area contributed by atoms with Gasteiger partial charge in [0.2, 0.25) is 15.9 Å². The van der Waals surface area contributed by atoms with Crippen LogP contribution in [0.4, 0.5) is 24.5 Å². The molecule has 0 spiro atoms. The number of carbonyl (C=O) groups excluding carboxylic acids is 3. The molecule has 404 valence electrons. The number of carbonyl (C=O) groups is 4. The predicted octanol–water partition coefficient (Wildman–Crippen LogP) is 7.38. The van der Waals surface area contributed by atoms with Gasteiger partial charge in [-0.1, -0.05) is 79.0 Å². The van der Waals surface area contributed by atoms with Crippen molar-refractivity contribution >= 4 is 110 Å². The molecule has 1 unspecified atom stereocenters. The van der Waals surface area contributed by atoms with Gasteiger partial charge in [0.25, 0.3) is 17.5 Å². The number of para-hydroxylation sites is 1. The summed E-state index contributed by atoms with van der Waals surface area (Å²) in [6, 6.07) is 11.2. The number of halogens is 7. The summed E-state index contributed by atoms with van der Waals surface area (Å²) in [6.07, 6.45) is 6.90. The minimum absolute atomic E-state index is 0.0371. The zero-order chi connectivity index (χ0) is 56.2. The Labute approximate surface area is 439 Å². The number of nitrogens with one attached hydrogen (secondary N) is 2. The molecule has 0 saturated heterocycles. The summed E-state index contributed by atoms with van der Waals surface area (Å²) in [5, 5.41) is 20.6. The van der Waals surface area contributed by atoms with Crippen LogP contribution in [0.15, 0.2) is 79.9 Å². The van der Waals surface area contributed by atoms with Gasteiger partial charge in [-0.25, -0.2) is 13.1 Å². The number of anilines is 1. The third-order valence-electron chi connectivity index (χ3n) is 7.87. The minimum Gasteiger partial charge on any atom is -0.778 e. The van der Waals surface area contributed by atoms with E-state index < -0.39 is 80.1 Å². The summed E-state index contributed by atoms with van der Waals surface area (Å²) < 4.78 is 82.3. The lowest BCUT2D eigenvalue weighted by atomic mass is 10.0. The number of alkyl halides is 6. The molecule has 19 nitrogen and oxygen atoms in total. The van der Waals surface area contributed by atoms with Gasteiger partial charge in [-0.05, 0) is 59.1 Å². The Morgan fingerprint density at radius 1 is 1.00 bits per heavy atom. The number of sulfonamides is 1. The van der Waals surface area contributed by atoms with E-state index >= 15 is 0 Å². The fourth-order valence-electron chi connectivity index (χ4n) is 5.06. The van der Waals surface area contributed by atoms with Gasteiger partial charge >= 0.3 is 12.1 Å². The maximum atomic E-state index is 12.7. The van der Waals surface area contributed by atoms with Crippen molar-refractivity contribution in [3.63, 3.8) is 0 Å². The number of hydrogen-bond acceptors (Lipinski definition) is 13. The molecular weight excluding hydrogens is 1100 g/mol. The van der Waals surface area contributed by atoms with Gasteiger partial charge in [0.05, 0.1) is 59.1 Å². The molecule has 29 heteroatoms. The third-order valence-corrected chi connectivity index (χ3v) is 9.94. The maximum absolute atomic E-state index is 12.7. The molecule has 0 bridgehead atoms. The smallest absolute Gasteiger partial charge is 0.416 e. The van der Waals surface area contributed by atoms with Crippen LogP contribution in [0.5, 0.6) is 11.5 Å². The molecular formula is C43H57Cl4F3N5O14PS2. The molecule has 3 aromatic rings. The largest absolute Gasteiger partial charge is 0.778 e. The van der Waals surface area contributed by atoms with Crippen molar-refractivity contribution in [1.29, 1.82) is 0 Å². The van der Waals surface area contributed by atoms with Crippen molar-refractivity contribution in [2.24, 2.45) is 0 Å². The molecule has 0 aliphatic heterocycles. The van der Waals surface area contributed by atoms with Gasteiger partial charge in [0, 0.05) is 32.3 Å². The van der Waals surface area contributed by atoms with Gasteiger partial charge in [-0.2, -0.15) is 13.2 Å². The summed E-state index contributed by atoms with van der Waals surface area (Å²) in [5.74, 6) is -3.34. The molecule has 3 rings (SSSR count). The van der Waals surface area contributed by atoms with Crippen LogP contribution in [-0.4, -0.2) is 127 Å². The molecule has 0 aliphatic carbocycles. The summed E-state index contributed by atoms with van der Waals surface area (Å²) in [5.41, 5.74) is 0.898. The monoisotopic (exact) mass is 1160 g/mol. The molecule has 3 amide bonds. The maximum Gasteiger partial charge on any atom is 0.416 e. The third kappa shape index (κ3) is 29.3. The van der Waals surface area contributed by atoms with Gasteiger partial charge in [-0.3, -0.25) is 39.5 Å². The zero-order valence-electron chi connectivity index (χ0n) is 40.0. The van der Waals surface area contributed by atoms with Crippen LogP contribution in [0.1, 0.15) is 40.9 Å². The van der Waals surface area contributed by atoms with Crippen molar-refractivity contribution in [3.05, 3.63) is 117 Å². The Morgan fingerprint density at radius 2 is 1.53 bits per heavy atom. The number of carboxylic acid groups (broad SMARTS) is 1. The summed E-state index contributed by atoms with van der Waals surface area (Å²) in [7, 11) is -6.13. The number of ether oxygens (including phenoxy) is 2. The summed E-state index contributed by atoms with van der Waals surface area (Å²) in [6.45, 7) is 11.8. The number of nitro benzene ring substituents is 1. The van der Waals surface area contributed by atoms with E-state index in [0.717, 1.165) is 53.9 Å². The van der Waals surface area contributed by atoms with Crippen molar-refractivity contribution < 1.29 is 74.6 Å². The van der Waals surface area contributed by atoms with Crippen molar-refractivity contribution in [1.82, 2.24) is 14.9 Å². The average Bonchev–Trinajstić information content (AvgIpc) is 3.26. The van der Waals surface area contributed by atoms with E-state index in [2.05, 4.69) is 45.8 Å². The van der Waals surface area contributed by atoms with Crippen molar-refractivity contribution in [2.45, 2.75) is 37.7 Å². The van der Waals surface area contributed by atoms with Crippen molar-refractivity contribution in [3.8, 4) is 11.5 Å². The summed E-state index contributed by atoms with van der Waals surface area (Å²) >= 11 is 22.2. The highest BCUT2D eigenvalue weighted by Gasteiger charge is 2.31. The standard InChI is InChI=1S/C15H10ClF3N2O6S.C14H20ClNO2.C8H11Cl2NO.C3H8NO5P.C3H9S/c1-28(25,26)20-14(22)10-7-9(3-4-12(10)21(23)24)27-13-5-2-8(6-11(13)16)15(17,18)19;1-4-11-7-6-8-12(5-2)14(11)16(10-18-3)13(17)9-15;1-3-5-11(6-4-2)8(12)7(9)10;5-3(6)1-4-2-10(7,8)9;1-4(2)3/h2-7H,1H3,(H,20,22);6-8H,4-5,9-10H2,1-3H3;3-4,7H,1-2,5-6H2;4H,1-2H2,(H,5,6)(H2,7,8,9);1-3H3/q;;;;+1/p-1. The van der Waals surface area contributed by atoms with Crippen LogP contribution in [0.3, 0.4) is 0 Å². The van der Waals surface area contributed by atoms with Crippen molar-refractivity contribution in [2.75, 3.05) is 75.6 Å². The van der Waals surface area contributed by atoms with Crippen LogP contribution in [0, 0.1) is 10.1 Å². The number of aryl methyl sites for hydroxylation is 2. The van der Waals surface area contributed by atoms with Crippen LogP contribution >= 0.6 is 54.0 Å². The van der Waals surface area contributed by atoms with Gasteiger partial charge < -0.3 is 33.8 Å². The van der Waals surface area contributed by atoms with E-state index in [0.29, 0.717) is 42.4 Å². The van der Waals surface area contributed by atoms with E-state index in [1.807, 2.05) is 23.5 Å². The molecule has 3 aromatic carbocycles.